The van der Waals surface area contributed by atoms with E-state index in [0.717, 1.165) is 18.9 Å². The van der Waals surface area contributed by atoms with Gasteiger partial charge in [-0.3, -0.25) is 4.79 Å². The van der Waals surface area contributed by atoms with Crippen LogP contribution in [0, 0.1) is 5.82 Å². The molecule has 1 aliphatic carbocycles. The molecule has 0 aromatic heterocycles. The highest BCUT2D eigenvalue weighted by molar-refractivity contribution is 5.92. The van der Waals surface area contributed by atoms with Gasteiger partial charge >= 0.3 is 5.97 Å². The van der Waals surface area contributed by atoms with Crippen molar-refractivity contribution in [2.45, 2.75) is 31.9 Å². The Labute approximate surface area is 104 Å². The fourth-order valence-electron chi connectivity index (χ4n) is 1.44. The van der Waals surface area contributed by atoms with Gasteiger partial charge in [0.15, 0.2) is 6.10 Å². The maximum atomic E-state index is 12.9. The maximum absolute atomic E-state index is 12.9. The largest absolute Gasteiger partial charge is 0.449 e. The quantitative estimate of drug-likeness (QED) is 0.828. The van der Waals surface area contributed by atoms with Gasteiger partial charge in [-0.2, -0.15) is 0 Å². The van der Waals surface area contributed by atoms with Gasteiger partial charge in [0.05, 0.1) is 5.56 Å². The van der Waals surface area contributed by atoms with Crippen LogP contribution < -0.4 is 5.32 Å². The Kier molecular flexibility index (Phi) is 3.60. The molecule has 18 heavy (non-hydrogen) atoms. The summed E-state index contributed by atoms with van der Waals surface area (Å²) in [5, 5.41) is 2.73. The molecule has 1 fully saturated rings. The van der Waals surface area contributed by atoms with Crippen LogP contribution in [0.5, 0.6) is 0 Å². The highest BCUT2D eigenvalue weighted by atomic mass is 19.1. The number of rotatable bonds is 4. The molecule has 1 saturated carbocycles. The second-order valence-corrected chi connectivity index (χ2v) is 4.34. The Balaban J connectivity index is 1.91. The Morgan fingerprint density at radius 3 is 2.78 bits per heavy atom. The molecule has 0 radical (unpaired) electrons. The van der Waals surface area contributed by atoms with Crippen LogP contribution in [-0.4, -0.2) is 24.0 Å². The lowest BCUT2D eigenvalue weighted by Gasteiger charge is -2.13. The van der Waals surface area contributed by atoms with E-state index in [-0.39, 0.29) is 17.5 Å². The molecule has 0 bridgehead atoms. The van der Waals surface area contributed by atoms with Gasteiger partial charge in [-0.05, 0) is 38.0 Å². The number of carbonyl (C=O) groups excluding carboxylic acids is 2. The van der Waals surface area contributed by atoms with Crippen molar-refractivity contribution in [3.63, 3.8) is 0 Å². The van der Waals surface area contributed by atoms with Gasteiger partial charge in [-0.25, -0.2) is 9.18 Å². The molecule has 5 heteroatoms. The third-order valence-electron chi connectivity index (χ3n) is 2.64. The molecule has 96 valence electrons. The number of amides is 1. The van der Waals surface area contributed by atoms with Crippen molar-refractivity contribution in [2.24, 2.45) is 0 Å². The molecular weight excluding hydrogens is 237 g/mol. The highest BCUT2D eigenvalue weighted by Crippen LogP contribution is 2.19. The Bertz CT molecular complexity index is 471. The molecule has 1 amide bonds. The summed E-state index contributed by atoms with van der Waals surface area (Å²) < 4.78 is 17.9. The van der Waals surface area contributed by atoms with Crippen LogP contribution in [0.3, 0.4) is 0 Å². The molecule has 1 N–H and O–H groups in total. The summed E-state index contributed by atoms with van der Waals surface area (Å²) in [4.78, 5) is 23.2. The van der Waals surface area contributed by atoms with Gasteiger partial charge < -0.3 is 10.1 Å². The van der Waals surface area contributed by atoms with E-state index in [9.17, 15) is 14.0 Å². The SMILES string of the molecule is C[C@H](OC(=O)c1cccc(F)c1)C(=O)NC1CC1. The number of hydrogen-bond donors (Lipinski definition) is 1. The van der Waals surface area contributed by atoms with Gasteiger partial charge in [-0.15, -0.1) is 0 Å². The Morgan fingerprint density at radius 1 is 1.44 bits per heavy atom. The van der Waals surface area contributed by atoms with Crippen LogP contribution in [0.25, 0.3) is 0 Å². The van der Waals surface area contributed by atoms with Gasteiger partial charge in [0, 0.05) is 6.04 Å². The zero-order valence-corrected chi connectivity index (χ0v) is 9.98. The van der Waals surface area contributed by atoms with Crippen LogP contribution in [0.1, 0.15) is 30.1 Å². The predicted octanol–water partition coefficient (Wildman–Crippen LogP) is 1.65. The first-order valence-corrected chi connectivity index (χ1v) is 5.83. The number of halogens is 1. The third kappa shape index (κ3) is 3.29. The van der Waals surface area contributed by atoms with Gasteiger partial charge in [-0.1, -0.05) is 6.07 Å². The van der Waals surface area contributed by atoms with Crippen molar-refractivity contribution in [3.8, 4) is 0 Å². The summed E-state index contributed by atoms with van der Waals surface area (Å²) in [6, 6.07) is 5.39. The molecule has 1 aromatic rings. The molecule has 1 aromatic carbocycles. The number of ether oxygens (including phenoxy) is 1. The fraction of sp³-hybridized carbons (Fsp3) is 0.385. The van der Waals surface area contributed by atoms with Gasteiger partial charge in [0.1, 0.15) is 5.82 Å². The Morgan fingerprint density at radius 2 is 2.17 bits per heavy atom. The topological polar surface area (TPSA) is 55.4 Å². The molecule has 0 saturated heterocycles. The van der Waals surface area contributed by atoms with Crippen LogP contribution >= 0.6 is 0 Å². The lowest BCUT2D eigenvalue weighted by atomic mass is 10.2. The third-order valence-corrected chi connectivity index (χ3v) is 2.64. The van der Waals surface area contributed by atoms with Gasteiger partial charge in [0.25, 0.3) is 5.91 Å². The first kappa shape index (κ1) is 12.5. The number of esters is 1. The maximum Gasteiger partial charge on any atom is 0.339 e. The van der Waals surface area contributed by atoms with E-state index < -0.39 is 17.9 Å². The number of carbonyl (C=O) groups is 2. The van der Waals surface area contributed by atoms with Crippen molar-refractivity contribution in [3.05, 3.63) is 35.6 Å². The monoisotopic (exact) mass is 251 g/mol. The highest BCUT2D eigenvalue weighted by Gasteiger charge is 2.27. The van der Waals surface area contributed by atoms with E-state index in [1.807, 2.05) is 0 Å². The molecule has 0 spiro atoms. The van der Waals surface area contributed by atoms with E-state index in [4.69, 9.17) is 4.74 Å². The molecule has 4 nitrogen and oxygen atoms in total. The minimum Gasteiger partial charge on any atom is -0.449 e. The second-order valence-electron chi connectivity index (χ2n) is 4.34. The van der Waals surface area contributed by atoms with E-state index in [1.165, 1.54) is 25.1 Å². The van der Waals surface area contributed by atoms with Crippen molar-refractivity contribution in [1.82, 2.24) is 5.32 Å². The lowest BCUT2D eigenvalue weighted by molar-refractivity contribution is -0.129. The first-order valence-electron chi connectivity index (χ1n) is 5.83. The van der Waals surface area contributed by atoms with Crippen molar-refractivity contribution in [1.29, 1.82) is 0 Å². The first-order chi connectivity index (χ1) is 8.56. The van der Waals surface area contributed by atoms with Gasteiger partial charge in [0.2, 0.25) is 0 Å². The minimum atomic E-state index is -0.874. The summed E-state index contributed by atoms with van der Waals surface area (Å²) in [5.74, 6) is -1.53. The lowest BCUT2D eigenvalue weighted by Crippen LogP contribution is -2.37. The van der Waals surface area contributed by atoms with Crippen molar-refractivity contribution < 1.29 is 18.7 Å². The summed E-state index contributed by atoms with van der Waals surface area (Å²) >= 11 is 0. The van der Waals surface area contributed by atoms with Crippen LogP contribution in [0.15, 0.2) is 24.3 Å². The summed E-state index contributed by atoms with van der Waals surface area (Å²) in [5.41, 5.74) is 0.0982. The molecule has 1 aliphatic rings. The molecule has 0 aliphatic heterocycles. The van der Waals surface area contributed by atoms with E-state index in [2.05, 4.69) is 5.32 Å². The van der Waals surface area contributed by atoms with Crippen LogP contribution in [0.2, 0.25) is 0 Å². The van der Waals surface area contributed by atoms with E-state index in [1.54, 1.807) is 0 Å². The second kappa shape index (κ2) is 5.16. The standard InChI is InChI=1S/C13H14FNO3/c1-8(12(16)15-11-5-6-11)18-13(17)9-3-2-4-10(14)7-9/h2-4,7-8,11H,5-6H2,1H3,(H,15,16)/t8-/m0/s1. The summed E-state index contributed by atoms with van der Waals surface area (Å²) in [6.07, 6.45) is 1.06. The number of nitrogens with one attached hydrogen (secondary N) is 1. The van der Waals surface area contributed by atoms with E-state index in [0.29, 0.717) is 0 Å². The molecule has 2 rings (SSSR count). The predicted molar refractivity (Wildman–Crippen MR) is 62.4 cm³/mol. The zero-order chi connectivity index (χ0) is 13.1. The van der Waals surface area contributed by atoms with Crippen molar-refractivity contribution >= 4 is 11.9 Å². The smallest absolute Gasteiger partial charge is 0.339 e. The normalized spacial score (nSPS) is 15.9. The van der Waals surface area contributed by atoms with Crippen molar-refractivity contribution in [2.75, 3.05) is 0 Å². The molecular formula is C13H14FNO3. The summed E-state index contributed by atoms with van der Waals surface area (Å²) in [7, 11) is 0. The molecule has 0 heterocycles. The Hall–Kier alpha value is -1.91. The van der Waals surface area contributed by atoms with Crippen LogP contribution in [-0.2, 0) is 9.53 Å². The fourth-order valence-corrected chi connectivity index (χ4v) is 1.44. The summed E-state index contributed by atoms with van der Waals surface area (Å²) in [6.45, 7) is 1.49. The van der Waals surface area contributed by atoms with Crippen LogP contribution in [0.4, 0.5) is 4.39 Å². The average Bonchev–Trinajstić information content (AvgIpc) is 3.12. The number of benzene rings is 1. The van der Waals surface area contributed by atoms with E-state index >= 15 is 0 Å². The average molecular weight is 251 g/mol. The molecule has 0 unspecified atom stereocenters. The number of hydrogen-bond acceptors (Lipinski definition) is 3. The zero-order valence-electron chi connectivity index (χ0n) is 9.98. The minimum absolute atomic E-state index is 0.0982. The molecule has 1 atom stereocenters.